The van der Waals surface area contributed by atoms with Crippen molar-refractivity contribution in [3.05, 3.63) is 11.7 Å². The number of amides is 1. The Hall–Kier alpha value is -1.63. The van der Waals surface area contributed by atoms with Gasteiger partial charge in [-0.15, -0.1) is 0 Å². The average Bonchev–Trinajstić information content (AvgIpc) is 2.73. The number of nitrogens with one attached hydrogen (secondary N) is 1. The van der Waals surface area contributed by atoms with Crippen LogP contribution < -0.4 is 11.1 Å². The minimum atomic E-state index is -0.555. The molecule has 0 aliphatic carbocycles. The standard InChI is InChI=1S/C14H26N4O3/c1-8(2)7-10(16-13(19)20-14(4,5)6)11-17-12(9(3)15)21-18-11/h8-10H,7,15H2,1-6H3,(H,16,19)/t9-,10-/m0/s1. The fourth-order valence-corrected chi connectivity index (χ4v) is 1.72. The number of alkyl carbamates (subject to hydrolysis) is 1. The van der Waals surface area contributed by atoms with Gasteiger partial charge in [0.1, 0.15) is 5.60 Å². The molecule has 0 aromatic carbocycles. The van der Waals surface area contributed by atoms with Crippen LogP contribution in [0.15, 0.2) is 4.52 Å². The maximum atomic E-state index is 11.9. The molecule has 0 aliphatic heterocycles. The quantitative estimate of drug-likeness (QED) is 0.866. The molecule has 0 saturated carbocycles. The summed E-state index contributed by atoms with van der Waals surface area (Å²) in [4.78, 5) is 16.2. The van der Waals surface area contributed by atoms with Crippen LogP contribution in [0.5, 0.6) is 0 Å². The SMILES string of the molecule is CC(C)C[C@H](NC(=O)OC(C)(C)C)c1noc([C@H](C)N)n1. The number of hydrogen-bond donors (Lipinski definition) is 2. The highest BCUT2D eigenvalue weighted by Crippen LogP contribution is 2.21. The Morgan fingerprint density at radius 2 is 2.00 bits per heavy atom. The van der Waals surface area contributed by atoms with Crippen molar-refractivity contribution in [3.8, 4) is 0 Å². The third kappa shape index (κ3) is 6.12. The molecular weight excluding hydrogens is 272 g/mol. The van der Waals surface area contributed by atoms with Gasteiger partial charge in [-0.05, 0) is 40.0 Å². The zero-order valence-corrected chi connectivity index (χ0v) is 13.6. The summed E-state index contributed by atoms with van der Waals surface area (Å²) in [6, 6.07) is -0.705. The van der Waals surface area contributed by atoms with Crippen molar-refractivity contribution in [2.45, 2.75) is 65.6 Å². The molecule has 0 aliphatic rings. The van der Waals surface area contributed by atoms with Crippen molar-refractivity contribution >= 4 is 6.09 Å². The van der Waals surface area contributed by atoms with E-state index in [4.69, 9.17) is 15.0 Å². The number of nitrogens with two attached hydrogens (primary N) is 1. The second-order valence-corrected chi connectivity index (χ2v) is 6.61. The zero-order valence-electron chi connectivity index (χ0n) is 13.6. The highest BCUT2D eigenvalue weighted by molar-refractivity contribution is 5.68. The summed E-state index contributed by atoms with van der Waals surface area (Å²) >= 11 is 0. The van der Waals surface area contributed by atoms with Gasteiger partial charge in [0, 0.05) is 0 Å². The van der Waals surface area contributed by atoms with E-state index in [0.717, 1.165) is 0 Å². The number of aromatic nitrogens is 2. The molecule has 21 heavy (non-hydrogen) atoms. The molecule has 1 rings (SSSR count). The number of carbonyl (C=O) groups excluding carboxylic acids is 1. The summed E-state index contributed by atoms with van der Waals surface area (Å²) < 4.78 is 10.4. The lowest BCUT2D eigenvalue weighted by molar-refractivity contribution is 0.0494. The van der Waals surface area contributed by atoms with Crippen LogP contribution in [0, 0.1) is 5.92 Å². The van der Waals surface area contributed by atoms with Gasteiger partial charge >= 0.3 is 6.09 Å². The van der Waals surface area contributed by atoms with E-state index in [1.165, 1.54) is 0 Å². The number of nitrogens with zero attached hydrogens (tertiary/aromatic N) is 2. The largest absolute Gasteiger partial charge is 0.444 e. The van der Waals surface area contributed by atoms with Gasteiger partial charge in [-0.1, -0.05) is 19.0 Å². The summed E-state index contributed by atoms with van der Waals surface area (Å²) in [5.74, 6) is 1.12. The van der Waals surface area contributed by atoms with Crippen molar-refractivity contribution in [3.63, 3.8) is 0 Å². The summed E-state index contributed by atoms with van der Waals surface area (Å²) in [6.45, 7) is 11.3. The fraction of sp³-hybridized carbons (Fsp3) is 0.786. The summed E-state index contributed by atoms with van der Waals surface area (Å²) in [6.07, 6.45) is 0.178. The van der Waals surface area contributed by atoms with Crippen molar-refractivity contribution < 1.29 is 14.1 Å². The van der Waals surface area contributed by atoms with Crippen LogP contribution in [0.3, 0.4) is 0 Å². The molecule has 1 amide bonds. The molecule has 0 spiro atoms. The van der Waals surface area contributed by atoms with Gasteiger partial charge < -0.3 is 20.3 Å². The molecule has 2 atom stereocenters. The maximum Gasteiger partial charge on any atom is 0.408 e. The van der Waals surface area contributed by atoms with Gasteiger partial charge in [0.05, 0.1) is 12.1 Å². The minimum absolute atomic E-state index is 0.340. The molecule has 0 bridgehead atoms. The lowest BCUT2D eigenvalue weighted by Crippen LogP contribution is -2.35. The van der Waals surface area contributed by atoms with Crippen molar-refractivity contribution in [1.82, 2.24) is 15.5 Å². The number of rotatable bonds is 5. The van der Waals surface area contributed by atoms with Crippen LogP contribution in [0.4, 0.5) is 4.79 Å². The monoisotopic (exact) mass is 298 g/mol. The smallest absolute Gasteiger partial charge is 0.408 e. The first-order valence-corrected chi connectivity index (χ1v) is 7.17. The Morgan fingerprint density at radius 3 is 2.43 bits per heavy atom. The van der Waals surface area contributed by atoms with E-state index in [0.29, 0.717) is 24.1 Å². The summed E-state index contributed by atoms with van der Waals surface area (Å²) in [5.41, 5.74) is 5.15. The predicted octanol–water partition coefficient (Wildman–Crippen LogP) is 2.70. The highest BCUT2D eigenvalue weighted by Gasteiger charge is 2.25. The molecular formula is C14H26N4O3. The number of ether oxygens (including phenoxy) is 1. The van der Waals surface area contributed by atoms with Crippen molar-refractivity contribution in [2.24, 2.45) is 11.7 Å². The minimum Gasteiger partial charge on any atom is -0.444 e. The highest BCUT2D eigenvalue weighted by atomic mass is 16.6. The van der Waals surface area contributed by atoms with Gasteiger partial charge in [0.2, 0.25) is 5.89 Å². The molecule has 120 valence electrons. The van der Waals surface area contributed by atoms with E-state index in [9.17, 15) is 4.79 Å². The normalized spacial score (nSPS) is 14.9. The predicted molar refractivity (Wildman–Crippen MR) is 78.5 cm³/mol. The average molecular weight is 298 g/mol. The number of hydrogen-bond acceptors (Lipinski definition) is 6. The molecule has 1 heterocycles. The Bertz CT molecular complexity index is 463. The third-order valence-electron chi connectivity index (χ3n) is 2.56. The van der Waals surface area contributed by atoms with Crippen molar-refractivity contribution in [2.75, 3.05) is 0 Å². The van der Waals surface area contributed by atoms with E-state index in [2.05, 4.69) is 29.3 Å². The topological polar surface area (TPSA) is 103 Å². The van der Waals surface area contributed by atoms with Crippen molar-refractivity contribution in [1.29, 1.82) is 0 Å². The van der Waals surface area contributed by atoms with E-state index in [-0.39, 0.29) is 12.1 Å². The summed E-state index contributed by atoms with van der Waals surface area (Å²) in [5, 5.41) is 6.69. The second kappa shape index (κ2) is 6.89. The molecule has 0 fully saturated rings. The van der Waals surface area contributed by atoms with E-state index in [1.807, 2.05) is 20.8 Å². The molecule has 7 heteroatoms. The van der Waals surface area contributed by atoms with Crippen LogP contribution >= 0.6 is 0 Å². The van der Waals surface area contributed by atoms with Crippen LogP contribution in [0.1, 0.15) is 71.8 Å². The van der Waals surface area contributed by atoms with Crippen LogP contribution in [-0.2, 0) is 4.74 Å². The summed E-state index contributed by atoms with van der Waals surface area (Å²) in [7, 11) is 0. The molecule has 3 N–H and O–H groups in total. The molecule has 7 nitrogen and oxygen atoms in total. The lowest BCUT2D eigenvalue weighted by atomic mass is 10.0. The van der Waals surface area contributed by atoms with Crippen LogP contribution in [-0.4, -0.2) is 21.8 Å². The second-order valence-electron chi connectivity index (χ2n) is 6.61. The first-order valence-electron chi connectivity index (χ1n) is 7.17. The molecule has 0 radical (unpaired) electrons. The van der Waals surface area contributed by atoms with Gasteiger partial charge in [0.25, 0.3) is 0 Å². The van der Waals surface area contributed by atoms with Gasteiger partial charge in [0.15, 0.2) is 5.82 Å². The van der Waals surface area contributed by atoms with Crippen LogP contribution in [0.25, 0.3) is 0 Å². The zero-order chi connectivity index (χ0) is 16.2. The first-order chi connectivity index (χ1) is 9.58. The van der Waals surface area contributed by atoms with Gasteiger partial charge in [-0.25, -0.2) is 4.79 Å². The van der Waals surface area contributed by atoms with E-state index >= 15 is 0 Å². The Labute approximate surface area is 125 Å². The molecule has 1 aromatic rings. The van der Waals surface area contributed by atoms with Gasteiger partial charge in [-0.3, -0.25) is 0 Å². The Balaban J connectivity index is 2.82. The molecule has 0 saturated heterocycles. The Kier molecular flexibility index (Phi) is 5.71. The van der Waals surface area contributed by atoms with Crippen LogP contribution in [0.2, 0.25) is 0 Å². The molecule has 0 unspecified atom stereocenters. The Morgan fingerprint density at radius 1 is 1.38 bits per heavy atom. The third-order valence-corrected chi connectivity index (χ3v) is 2.56. The number of carbonyl (C=O) groups is 1. The fourth-order valence-electron chi connectivity index (χ4n) is 1.72. The lowest BCUT2D eigenvalue weighted by Gasteiger charge is -2.23. The van der Waals surface area contributed by atoms with E-state index < -0.39 is 11.7 Å². The first kappa shape index (κ1) is 17.4. The maximum absolute atomic E-state index is 11.9. The molecule has 1 aromatic heterocycles. The van der Waals surface area contributed by atoms with Gasteiger partial charge in [-0.2, -0.15) is 4.98 Å². The van der Waals surface area contributed by atoms with E-state index in [1.54, 1.807) is 6.92 Å².